The third-order valence-corrected chi connectivity index (χ3v) is 3.81. The van der Waals surface area contributed by atoms with Crippen molar-refractivity contribution < 1.29 is 9.59 Å². The van der Waals surface area contributed by atoms with Crippen molar-refractivity contribution in [3.63, 3.8) is 0 Å². The molecule has 0 bridgehead atoms. The Bertz CT molecular complexity index is 323. The molecular weight excluding hydrogens is 216 g/mol. The monoisotopic (exact) mass is 238 g/mol. The van der Waals surface area contributed by atoms with Gasteiger partial charge in [-0.3, -0.25) is 9.59 Å². The first-order chi connectivity index (χ1) is 8.04. The zero-order valence-electron chi connectivity index (χ0n) is 10.8. The van der Waals surface area contributed by atoms with Crippen LogP contribution in [-0.2, 0) is 9.59 Å². The van der Waals surface area contributed by atoms with Crippen molar-refractivity contribution in [2.45, 2.75) is 52.0 Å². The van der Waals surface area contributed by atoms with Gasteiger partial charge in [-0.2, -0.15) is 0 Å². The third kappa shape index (κ3) is 2.99. The van der Waals surface area contributed by atoms with Gasteiger partial charge in [0.25, 0.3) is 0 Å². The third-order valence-electron chi connectivity index (χ3n) is 3.81. The summed E-state index contributed by atoms with van der Waals surface area (Å²) >= 11 is 0. The lowest BCUT2D eigenvalue weighted by atomic mass is 10.1. The van der Waals surface area contributed by atoms with Crippen LogP contribution in [0, 0.1) is 5.41 Å². The highest BCUT2D eigenvalue weighted by atomic mass is 16.2. The zero-order valence-corrected chi connectivity index (χ0v) is 10.8. The average Bonchev–Trinajstić information content (AvgIpc) is 3.01. The van der Waals surface area contributed by atoms with Crippen molar-refractivity contribution in [3.05, 3.63) is 0 Å². The van der Waals surface area contributed by atoms with Crippen LogP contribution in [0.1, 0.15) is 46.0 Å². The molecule has 0 spiro atoms. The van der Waals surface area contributed by atoms with E-state index < -0.39 is 0 Å². The van der Waals surface area contributed by atoms with Gasteiger partial charge in [0.05, 0.1) is 0 Å². The van der Waals surface area contributed by atoms with Crippen molar-refractivity contribution in [2.24, 2.45) is 5.41 Å². The summed E-state index contributed by atoms with van der Waals surface area (Å²) in [5.74, 6) is 0.131. The molecule has 1 atom stereocenters. The topological polar surface area (TPSA) is 49.4 Å². The second-order valence-corrected chi connectivity index (χ2v) is 5.73. The highest BCUT2D eigenvalue weighted by molar-refractivity contribution is 5.89. The molecule has 96 valence electrons. The highest BCUT2D eigenvalue weighted by Crippen LogP contribution is 2.45. The first-order valence-electron chi connectivity index (χ1n) is 6.62. The van der Waals surface area contributed by atoms with Crippen LogP contribution in [0.15, 0.2) is 0 Å². The molecule has 1 aliphatic carbocycles. The largest absolute Gasteiger partial charge is 0.344 e. The standard InChI is InChI=1S/C13H22N2O2/c1-3-4-10-12(17)15(8-5-11(16)14-10)9-13(2)6-7-13/h10H,3-9H2,1-2H3,(H,14,16). The fourth-order valence-electron chi connectivity index (χ4n) is 2.37. The van der Waals surface area contributed by atoms with E-state index in [0.29, 0.717) is 18.4 Å². The number of amides is 2. The van der Waals surface area contributed by atoms with Crippen LogP contribution < -0.4 is 5.32 Å². The van der Waals surface area contributed by atoms with Crippen LogP contribution in [0.5, 0.6) is 0 Å². The van der Waals surface area contributed by atoms with Crippen molar-refractivity contribution >= 4 is 11.8 Å². The van der Waals surface area contributed by atoms with Crippen molar-refractivity contribution in [1.29, 1.82) is 0 Å². The van der Waals surface area contributed by atoms with Gasteiger partial charge in [-0.1, -0.05) is 20.3 Å². The Labute approximate surface area is 103 Å². The first-order valence-corrected chi connectivity index (χ1v) is 6.62. The molecule has 1 N–H and O–H groups in total. The van der Waals surface area contributed by atoms with Crippen LogP contribution in [0.25, 0.3) is 0 Å². The first kappa shape index (κ1) is 12.4. The van der Waals surface area contributed by atoms with Gasteiger partial charge in [-0.25, -0.2) is 0 Å². The minimum absolute atomic E-state index is 0.0141. The molecule has 0 aromatic carbocycles. The number of nitrogens with zero attached hydrogens (tertiary/aromatic N) is 1. The van der Waals surface area contributed by atoms with Crippen LogP contribution in [0.2, 0.25) is 0 Å². The Hall–Kier alpha value is -1.06. The van der Waals surface area contributed by atoms with Gasteiger partial charge in [-0.15, -0.1) is 0 Å². The van der Waals surface area contributed by atoms with E-state index in [1.807, 2.05) is 11.8 Å². The minimum Gasteiger partial charge on any atom is -0.344 e. The number of hydrogen-bond donors (Lipinski definition) is 1. The van der Waals surface area contributed by atoms with E-state index in [-0.39, 0.29) is 17.9 Å². The maximum absolute atomic E-state index is 12.3. The molecule has 2 amide bonds. The summed E-state index contributed by atoms with van der Waals surface area (Å²) in [6.45, 7) is 5.66. The fourth-order valence-corrected chi connectivity index (χ4v) is 2.37. The summed E-state index contributed by atoms with van der Waals surface area (Å²) < 4.78 is 0. The molecule has 4 nitrogen and oxygen atoms in total. The molecule has 17 heavy (non-hydrogen) atoms. The maximum Gasteiger partial charge on any atom is 0.245 e. The molecule has 2 aliphatic rings. The molecule has 0 aromatic rings. The van der Waals surface area contributed by atoms with Crippen LogP contribution in [-0.4, -0.2) is 35.8 Å². The number of carbonyl (C=O) groups is 2. The fraction of sp³-hybridized carbons (Fsp3) is 0.846. The SMILES string of the molecule is CCCC1NC(=O)CCN(CC2(C)CC2)C1=O. The maximum atomic E-state index is 12.3. The Morgan fingerprint density at radius 1 is 1.41 bits per heavy atom. The van der Waals surface area contributed by atoms with E-state index in [4.69, 9.17) is 0 Å². The van der Waals surface area contributed by atoms with Crippen LogP contribution in [0.4, 0.5) is 0 Å². The Morgan fingerprint density at radius 2 is 2.12 bits per heavy atom. The molecule has 1 unspecified atom stereocenters. The molecular formula is C13H22N2O2. The number of nitrogens with one attached hydrogen (secondary N) is 1. The van der Waals surface area contributed by atoms with Crippen LogP contribution in [0.3, 0.4) is 0 Å². The van der Waals surface area contributed by atoms with E-state index in [0.717, 1.165) is 19.4 Å². The average molecular weight is 238 g/mol. The Balaban J connectivity index is 2.03. The van der Waals surface area contributed by atoms with E-state index in [1.54, 1.807) is 0 Å². The quantitative estimate of drug-likeness (QED) is 0.802. The molecule has 1 aliphatic heterocycles. The number of rotatable bonds is 4. The summed E-state index contributed by atoms with van der Waals surface area (Å²) in [6, 6.07) is -0.294. The molecule has 4 heteroatoms. The normalized spacial score (nSPS) is 27.6. The molecule has 1 heterocycles. The summed E-state index contributed by atoms with van der Waals surface area (Å²) in [6.07, 6.45) is 4.52. The molecule has 0 radical (unpaired) electrons. The Kier molecular flexibility index (Phi) is 3.40. The summed E-state index contributed by atoms with van der Waals surface area (Å²) in [5, 5.41) is 2.84. The summed E-state index contributed by atoms with van der Waals surface area (Å²) in [5.41, 5.74) is 0.319. The van der Waals surface area contributed by atoms with E-state index in [1.165, 1.54) is 12.8 Å². The van der Waals surface area contributed by atoms with E-state index in [2.05, 4.69) is 12.2 Å². The van der Waals surface area contributed by atoms with E-state index >= 15 is 0 Å². The Morgan fingerprint density at radius 3 is 2.71 bits per heavy atom. The molecule has 2 rings (SSSR count). The van der Waals surface area contributed by atoms with Crippen molar-refractivity contribution in [2.75, 3.05) is 13.1 Å². The summed E-state index contributed by atoms with van der Waals surface area (Å²) in [4.78, 5) is 25.7. The lowest BCUT2D eigenvalue weighted by Crippen LogP contribution is -2.46. The van der Waals surface area contributed by atoms with Crippen molar-refractivity contribution in [1.82, 2.24) is 10.2 Å². The van der Waals surface area contributed by atoms with Gasteiger partial charge in [0.2, 0.25) is 11.8 Å². The lowest BCUT2D eigenvalue weighted by molar-refractivity contribution is -0.134. The number of carbonyl (C=O) groups excluding carboxylic acids is 2. The van der Waals surface area contributed by atoms with Gasteiger partial charge in [0.1, 0.15) is 6.04 Å². The predicted molar refractivity (Wildman–Crippen MR) is 65.4 cm³/mol. The smallest absolute Gasteiger partial charge is 0.245 e. The van der Waals surface area contributed by atoms with E-state index in [9.17, 15) is 9.59 Å². The molecule has 2 fully saturated rings. The number of hydrogen-bond acceptors (Lipinski definition) is 2. The van der Waals surface area contributed by atoms with Crippen molar-refractivity contribution in [3.8, 4) is 0 Å². The zero-order chi connectivity index (χ0) is 12.5. The van der Waals surface area contributed by atoms with Gasteiger partial charge in [-0.05, 0) is 24.7 Å². The molecule has 1 saturated heterocycles. The molecule has 1 saturated carbocycles. The predicted octanol–water partition coefficient (Wildman–Crippen LogP) is 1.30. The second kappa shape index (κ2) is 4.67. The lowest BCUT2D eigenvalue weighted by Gasteiger charge is -2.26. The van der Waals surface area contributed by atoms with Gasteiger partial charge in [0.15, 0.2) is 0 Å². The van der Waals surface area contributed by atoms with Gasteiger partial charge >= 0.3 is 0 Å². The second-order valence-electron chi connectivity index (χ2n) is 5.73. The van der Waals surface area contributed by atoms with Crippen LogP contribution >= 0.6 is 0 Å². The van der Waals surface area contributed by atoms with Gasteiger partial charge < -0.3 is 10.2 Å². The summed E-state index contributed by atoms with van der Waals surface area (Å²) in [7, 11) is 0. The van der Waals surface area contributed by atoms with Gasteiger partial charge in [0, 0.05) is 19.5 Å². The molecule has 0 aromatic heterocycles. The minimum atomic E-state index is -0.294. The highest BCUT2D eigenvalue weighted by Gasteiger charge is 2.41.